The van der Waals surface area contributed by atoms with Crippen molar-refractivity contribution in [1.82, 2.24) is 4.90 Å². The first-order chi connectivity index (χ1) is 11.9. The van der Waals surface area contributed by atoms with Gasteiger partial charge in [-0.1, -0.05) is 63.1 Å². The molecule has 1 atom stereocenters. The summed E-state index contributed by atoms with van der Waals surface area (Å²) in [4.78, 5) is 26.7. The van der Waals surface area contributed by atoms with Crippen LogP contribution in [0, 0.1) is 0 Å². The van der Waals surface area contributed by atoms with E-state index in [1.807, 2.05) is 19.1 Å². The molecule has 2 rings (SSSR count). The third-order valence-electron chi connectivity index (χ3n) is 4.53. The van der Waals surface area contributed by atoms with E-state index in [1.54, 1.807) is 12.1 Å². The number of benzene rings is 1. The summed E-state index contributed by atoms with van der Waals surface area (Å²) in [5, 5.41) is 0. The summed E-state index contributed by atoms with van der Waals surface area (Å²) < 4.78 is 0. The second-order valence-corrected chi connectivity index (χ2v) is 20.9. The van der Waals surface area contributed by atoms with Crippen LogP contribution in [-0.4, -0.2) is 38.9 Å². The van der Waals surface area contributed by atoms with Crippen molar-refractivity contribution in [3.63, 3.8) is 0 Å². The molecule has 0 N–H and O–H groups in total. The molecule has 1 aromatic carbocycles. The van der Waals surface area contributed by atoms with Gasteiger partial charge in [-0.3, -0.25) is 14.5 Å². The minimum atomic E-state index is -1.20. The van der Waals surface area contributed by atoms with E-state index in [0.717, 1.165) is 6.42 Å². The number of nitrogens with zero attached hydrogens (tertiary/aromatic N) is 1. The van der Waals surface area contributed by atoms with E-state index in [9.17, 15) is 9.59 Å². The van der Waals surface area contributed by atoms with Gasteiger partial charge in [-0.05, 0) is 37.6 Å². The van der Waals surface area contributed by atoms with Gasteiger partial charge >= 0.3 is 0 Å². The fraction of sp³-hybridized carbons (Fsp3) is 0.524. The first-order valence-corrected chi connectivity index (χ1v) is 17.0. The minimum absolute atomic E-state index is 0.110. The second-order valence-electron chi connectivity index (χ2n) is 9.95. The van der Waals surface area contributed by atoms with Gasteiger partial charge in [0.2, 0.25) is 0 Å². The second kappa shape index (κ2) is 7.65. The number of amides is 2. The number of hydrogen-bond donors (Lipinski definition) is 0. The Morgan fingerprint density at radius 2 is 1.35 bits per heavy atom. The maximum atomic E-state index is 12.6. The van der Waals surface area contributed by atoms with Gasteiger partial charge in [0, 0.05) is 22.2 Å². The normalized spacial score (nSPS) is 15.9. The highest BCUT2D eigenvalue weighted by Crippen LogP contribution is 2.28. The Kier molecular flexibility index (Phi) is 6.13. The van der Waals surface area contributed by atoms with Crippen molar-refractivity contribution in [3.05, 3.63) is 47.0 Å². The van der Waals surface area contributed by atoms with E-state index in [-0.39, 0.29) is 17.9 Å². The van der Waals surface area contributed by atoms with Crippen molar-refractivity contribution >= 4 is 28.0 Å². The maximum absolute atomic E-state index is 12.6. The fourth-order valence-corrected chi connectivity index (χ4v) is 7.13. The number of hydrogen-bond acceptors (Lipinski definition) is 2. The third-order valence-corrected chi connectivity index (χ3v) is 7.56. The number of imide groups is 1. The molecule has 2 amide bonds. The zero-order valence-electron chi connectivity index (χ0n) is 17.3. The standard InChI is InChI=1S/C21H33NO2Si2/c1-16(12-13-17(14-25(2,3)4)15-26(5,6)7)22-20(23)18-10-8-9-11-19(18)21(22)24/h8-11,13,16H,12,14-15H2,1-7H3. The quantitative estimate of drug-likeness (QED) is 0.344. The predicted molar refractivity (Wildman–Crippen MR) is 115 cm³/mol. The van der Waals surface area contributed by atoms with Crippen molar-refractivity contribution < 1.29 is 9.59 Å². The molecule has 0 bridgehead atoms. The molecule has 1 unspecified atom stereocenters. The van der Waals surface area contributed by atoms with Gasteiger partial charge in [-0.25, -0.2) is 0 Å². The van der Waals surface area contributed by atoms with Crippen LogP contribution >= 0.6 is 0 Å². The summed E-state index contributed by atoms with van der Waals surface area (Å²) in [5.41, 5.74) is 2.61. The molecule has 0 spiro atoms. The van der Waals surface area contributed by atoms with Crippen LogP contribution in [0.1, 0.15) is 34.1 Å². The molecule has 0 radical (unpaired) electrons. The number of allylic oxidation sites excluding steroid dienone is 1. The molecule has 26 heavy (non-hydrogen) atoms. The molecule has 1 aliphatic rings. The third kappa shape index (κ3) is 5.27. The van der Waals surface area contributed by atoms with E-state index in [4.69, 9.17) is 0 Å². The summed E-state index contributed by atoms with van der Waals surface area (Å²) in [6.07, 6.45) is 3.07. The van der Waals surface area contributed by atoms with Gasteiger partial charge in [-0.15, -0.1) is 0 Å². The molecule has 1 aromatic rings. The number of fused-ring (bicyclic) bond motifs is 1. The first kappa shape index (κ1) is 20.8. The molecule has 0 fully saturated rings. The van der Waals surface area contributed by atoms with Gasteiger partial charge < -0.3 is 0 Å². The van der Waals surface area contributed by atoms with Crippen LogP contribution < -0.4 is 0 Å². The van der Waals surface area contributed by atoms with Gasteiger partial charge in [0.05, 0.1) is 11.1 Å². The average Bonchev–Trinajstić information content (AvgIpc) is 2.74. The van der Waals surface area contributed by atoms with E-state index in [1.165, 1.54) is 22.6 Å². The Labute approximate surface area is 160 Å². The van der Waals surface area contributed by atoms with Crippen molar-refractivity contribution in [1.29, 1.82) is 0 Å². The lowest BCUT2D eigenvalue weighted by molar-refractivity contribution is 0.0598. The summed E-state index contributed by atoms with van der Waals surface area (Å²) in [5.74, 6) is -0.299. The first-order valence-electron chi connectivity index (χ1n) is 9.54. The Bertz CT molecular complexity index is 673. The molecule has 5 heteroatoms. The number of carbonyl (C=O) groups is 2. The predicted octanol–water partition coefficient (Wildman–Crippen LogP) is 5.66. The molecular weight excluding hydrogens is 354 g/mol. The summed E-state index contributed by atoms with van der Waals surface area (Å²) in [6.45, 7) is 16.4. The molecule has 1 aliphatic heterocycles. The largest absolute Gasteiger partial charge is 0.271 e. The lowest BCUT2D eigenvalue weighted by atomic mass is 10.1. The number of carbonyl (C=O) groups excluding carboxylic acids is 2. The Balaban J connectivity index is 2.17. The lowest BCUT2D eigenvalue weighted by Crippen LogP contribution is -2.37. The Morgan fingerprint density at radius 3 is 1.73 bits per heavy atom. The van der Waals surface area contributed by atoms with Crippen LogP contribution in [0.4, 0.5) is 0 Å². The van der Waals surface area contributed by atoms with Crippen molar-refractivity contribution in [2.75, 3.05) is 0 Å². The van der Waals surface area contributed by atoms with Crippen LogP contribution in [0.25, 0.3) is 0 Å². The van der Waals surface area contributed by atoms with Crippen LogP contribution in [0.3, 0.4) is 0 Å². The van der Waals surface area contributed by atoms with Crippen LogP contribution in [-0.2, 0) is 0 Å². The highest BCUT2D eigenvalue weighted by Gasteiger charge is 2.37. The summed E-state index contributed by atoms with van der Waals surface area (Å²) in [7, 11) is -2.39. The van der Waals surface area contributed by atoms with Gasteiger partial charge in [0.15, 0.2) is 0 Å². The molecule has 0 saturated heterocycles. The molecule has 1 heterocycles. The van der Waals surface area contributed by atoms with Gasteiger partial charge in [0.1, 0.15) is 0 Å². The zero-order chi connectivity index (χ0) is 19.7. The molecule has 0 saturated carbocycles. The highest BCUT2D eigenvalue weighted by molar-refractivity contribution is 6.78. The summed E-state index contributed by atoms with van der Waals surface area (Å²) >= 11 is 0. The monoisotopic (exact) mass is 387 g/mol. The Morgan fingerprint density at radius 1 is 0.923 bits per heavy atom. The van der Waals surface area contributed by atoms with E-state index in [0.29, 0.717) is 11.1 Å². The van der Waals surface area contributed by atoms with Crippen LogP contribution in [0.5, 0.6) is 0 Å². The van der Waals surface area contributed by atoms with E-state index in [2.05, 4.69) is 45.4 Å². The molecular formula is C21H33NO2Si2. The summed E-state index contributed by atoms with van der Waals surface area (Å²) in [6, 6.07) is 9.43. The smallest absolute Gasteiger partial charge is 0.261 e. The highest BCUT2D eigenvalue weighted by atomic mass is 28.3. The van der Waals surface area contributed by atoms with Crippen molar-refractivity contribution in [2.45, 2.75) is 70.8 Å². The molecule has 0 aliphatic carbocycles. The number of rotatable bonds is 7. The lowest BCUT2D eigenvalue weighted by Gasteiger charge is -2.26. The zero-order valence-corrected chi connectivity index (χ0v) is 19.3. The Hall–Kier alpha value is -1.47. The van der Waals surface area contributed by atoms with Gasteiger partial charge in [0.25, 0.3) is 11.8 Å². The molecule has 0 aromatic heterocycles. The molecule has 142 valence electrons. The average molecular weight is 388 g/mol. The molecule has 3 nitrogen and oxygen atoms in total. The topological polar surface area (TPSA) is 37.4 Å². The van der Waals surface area contributed by atoms with Crippen molar-refractivity contribution in [3.8, 4) is 0 Å². The van der Waals surface area contributed by atoms with Crippen molar-refractivity contribution in [2.24, 2.45) is 0 Å². The van der Waals surface area contributed by atoms with Gasteiger partial charge in [-0.2, -0.15) is 0 Å². The SMILES string of the molecule is CC(CC=C(C[Si](C)(C)C)C[Si](C)(C)C)N1C(=O)c2ccccc2C1=O. The van der Waals surface area contributed by atoms with Crippen LogP contribution in [0.2, 0.25) is 51.4 Å². The minimum Gasteiger partial charge on any atom is -0.271 e. The van der Waals surface area contributed by atoms with E-state index < -0.39 is 16.1 Å². The van der Waals surface area contributed by atoms with E-state index >= 15 is 0 Å². The van der Waals surface area contributed by atoms with Crippen LogP contribution in [0.15, 0.2) is 35.9 Å². The maximum Gasteiger partial charge on any atom is 0.261 e. The fourth-order valence-electron chi connectivity index (χ4n) is 3.62.